The van der Waals surface area contributed by atoms with Crippen LogP contribution in [0.1, 0.15) is 27.2 Å². The van der Waals surface area contributed by atoms with Gasteiger partial charge in [-0.1, -0.05) is 0 Å². The molecule has 1 saturated heterocycles. The van der Waals surface area contributed by atoms with Crippen LogP contribution in [-0.2, 0) is 14.3 Å². The third-order valence-corrected chi connectivity index (χ3v) is 2.15. The molecule has 0 aromatic heterocycles. The lowest BCUT2D eigenvalue weighted by molar-refractivity contribution is -0.112. The van der Waals surface area contributed by atoms with E-state index in [-0.39, 0.29) is 12.2 Å². The van der Waals surface area contributed by atoms with E-state index in [1.807, 2.05) is 20.8 Å². The maximum atomic E-state index is 11.7. The van der Waals surface area contributed by atoms with Gasteiger partial charge < -0.3 is 19.2 Å². The lowest BCUT2D eigenvalue weighted by atomic mass is 10.2. The fraction of sp³-hybridized carbons (Fsp3) is 0.818. The molecule has 0 bridgehead atoms. The van der Waals surface area contributed by atoms with Crippen molar-refractivity contribution in [2.45, 2.75) is 38.9 Å². The molecular formula is C11H19NO4. The molecule has 1 amide bonds. The zero-order valence-electron chi connectivity index (χ0n) is 10.1. The molecule has 0 radical (unpaired) electrons. The second kappa shape index (κ2) is 5.30. The van der Waals surface area contributed by atoms with Crippen molar-refractivity contribution >= 4 is 12.4 Å². The van der Waals surface area contributed by atoms with E-state index in [9.17, 15) is 9.59 Å². The molecule has 1 rings (SSSR count). The molecule has 0 aromatic carbocycles. The number of aldehydes is 1. The Kier molecular flexibility index (Phi) is 4.29. The largest absolute Gasteiger partial charge is 0.444 e. The van der Waals surface area contributed by atoms with Gasteiger partial charge in [0.2, 0.25) is 0 Å². The smallest absolute Gasteiger partial charge is 0.410 e. The van der Waals surface area contributed by atoms with Gasteiger partial charge in [-0.15, -0.1) is 0 Å². The molecule has 5 heteroatoms. The zero-order chi connectivity index (χ0) is 12.2. The molecule has 0 aromatic rings. The quantitative estimate of drug-likeness (QED) is 0.668. The Morgan fingerprint density at radius 1 is 1.56 bits per heavy atom. The number of ether oxygens (including phenoxy) is 2. The molecule has 0 spiro atoms. The molecule has 1 atom stereocenters. The summed E-state index contributed by atoms with van der Waals surface area (Å²) >= 11 is 0. The summed E-state index contributed by atoms with van der Waals surface area (Å²) in [6, 6.07) is 0. The van der Waals surface area contributed by atoms with Gasteiger partial charge in [0.25, 0.3) is 0 Å². The Morgan fingerprint density at radius 3 is 2.81 bits per heavy atom. The van der Waals surface area contributed by atoms with Crippen LogP contribution in [0.5, 0.6) is 0 Å². The predicted molar refractivity (Wildman–Crippen MR) is 58.2 cm³/mol. The van der Waals surface area contributed by atoms with Gasteiger partial charge in [-0.25, -0.2) is 4.79 Å². The summed E-state index contributed by atoms with van der Waals surface area (Å²) in [6.45, 7) is 6.88. The van der Waals surface area contributed by atoms with Crippen LogP contribution in [0.25, 0.3) is 0 Å². The fourth-order valence-corrected chi connectivity index (χ4v) is 1.46. The standard InChI is InChI=1S/C11H19NO4/c1-11(2,3)16-10(14)12-5-7-15-9(8-12)4-6-13/h6,9H,4-5,7-8H2,1-3H3/t9-/m1/s1. The third-order valence-electron chi connectivity index (χ3n) is 2.15. The minimum absolute atomic E-state index is 0.196. The van der Waals surface area contributed by atoms with E-state index in [1.54, 1.807) is 4.90 Å². The summed E-state index contributed by atoms with van der Waals surface area (Å²) in [5.41, 5.74) is -0.491. The van der Waals surface area contributed by atoms with Crippen LogP contribution in [-0.4, -0.2) is 48.7 Å². The number of morpholine rings is 1. The highest BCUT2D eigenvalue weighted by Gasteiger charge is 2.27. The molecule has 0 unspecified atom stereocenters. The van der Waals surface area contributed by atoms with E-state index in [2.05, 4.69) is 0 Å². The normalized spacial score (nSPS) is 21.7. The van der Waals surface area contributed by atoms with Crippen LogP contribution in [0.15, 0.2) is 0 Å². The van der Waals surface area contributed by atoms with Crippen molar-refractivity contribution < 1.29 is 19.1 Å². The Morgan fingerprint density at radius 2 is 2.25 bits per heavy atom. The molecule has 1 aliphatic heterocycles. The highest BCUT2D eigenvalue weighted by Crippen LogP contribution is 2.13. The van der Waals surface area contributed by atoms with Crippen LogP contribution in [0.2, 0.25) is 0 Å². The van der Waals surface area contributed by atoms with Crippen LogP contribution in [0.3, 0.4) is 0 Å². The van der Waals surface area contributed by atoms with Crippen LogP contribution >= 0.6 is 0 Å². The van der Waals surface area contributed by atoms with E-state index in [1.165, 1.54) is 0 Å². The van der Waals surface area contributed by atoms with Crippen molar-refractivity contribution in [3.63, 3.8) is 0 Å². The molecule has 1 heterocycles. The summed E-state index contributed by atoms with van der Waals surface area (Å²) < 4.78 is 10.6. The topological polar surface area (TPSA) is 55.8 Å². The minimum Gasteiger partial charge on any atom is -0.444 e. The van der Waals surface area contributed by atoms with Crippen LogP contribution in [0.4, 0.5) is 4.79 Å². The van der Waals surface area contributed by atoms with Gasteiger partial charge in [-0.2, -0.15) is 0 Å². The number of amides is 1. The highest BCUT2D eigenvalue weighted by molar-refractivity contribution is 5.68. The lowest BCUT2D eigenvalue weighted by Gasteiger charge is -2.33. The van der Waals surface area contributed by atoms with Gasteiger partial charge in [0.15, 0.2) is 0 Å². The van der Waals surface area contributed by atoms with E-state index >= 15 is 0 Å². The zero-order valence-corrected chi connectivity index (χ0v) is 10.1. The van der Waals surface area contributed by atoms with Crippen molar-refractivity contribution in [3.05, 3.63) is 0 Å². The second-order valence-electron chi connectivity index (χ2n) is 4.82. The summed E-state index contributed by atoms with van der Waals surface area (Å²) in [5, 5.41) is 0. The van der Waals surface area contributed by atoms with Gasteiger partial charge in [-0.3, -0.25) is 0 Å². The number of hydrogen-bond acceptors (Lipinski definition) is 4. The summed E-state index contributed by atoms with van der Waals surface area (Å²) in [5.74, 6) is 0. The van der Waals surface area contributed by atoms with E-state index in [4.69, 9.17) is 9.47 Å². The van der Waals surface area contributed by atoms with E-state index in [0.29, 0.717) is 26.1 Å². The van der Waals surface area contributed by atoms with Gasteiger partial charge >= 0.3 is 6.09 Å². The highest BCUT2D eigenvalue weighted by atomic mass is 16.6. The first kappa shape index (κ1) is 13.0. The Balaban J connectivity index is 2.47. The lowest BCUT2D eigenvalue weighted by Crippen LogP contribution is -2.47. The first-order valence-electron chi connectivity index (χ1n) is 5.45. The van der Waals surface area contributed by atoms with Gasteiger partial charge in [0.05, 0.1) is 19.3 Å². The maximum absolute atomic E-state index is 11.7. The van der Waals surface area contributed by atoms with Crippen molar-refractivity contribution in [1.29, 1.82) is 0 Å². The van der Waals surface area contributed by atoms with Crippen LogP contribution in [0, 0.1) is 0 Å². The van der Waals surface area contributed by atoms with Crippen molar-refractivity contribution in [2.75, 3.05) is 19.7 Å². The minimum atomic E-state index is -0.491. The Labute approximate surface area is 95.7 Å². The summed E-state index contributed by atoms with van der Waals surface area (Å²) in [7, 11) is 0. The molecule has 92 valence electrons. The maximum Gasteiger partial charge on any atom is 0.410 e. The van der Waals surface area contributed by atoms with E-state index in [0.717, 1.165) is 6.29 Å². The number of rotatable bonds is 2. The predicted octanol–water partition coefficient (Wildman–Crippen LogP) is 1.21. The second-order valence-corrected chi connectivity index (χ2v) is 4.82. The summed E-state index contributed by atoms with van der Waals surface area (Å²) in [4.78, 5) is 23.7. The van der Waals surface area contributed by atoms with Crippen molar-refractivity contribution in [2.24, 2.45) is 0 Å². The Bertz CT molecular complexity index is 259. The van der Waals surface area contributed by atoms with Crippen molar-refractivity contribution in [1.82, 2.24) is 4.90 Å². The average molecular weight is 229 g/mol. The summed E-state index contributed by atoms with van der Waals surface area (Å²) in [6.07, 6.45) is 0.591. The first-order chi connectivity index (χ1) is 7.42. The Hall–Kier alpha value is -1.10. The molecule has 5 nitrogen and oxygen atoms in total. The molecule has 0 N–H and O–H groups in total. The van der Waals surface area contributed by atoms with E-state index < -0.39 is 5.60 Å². The van der Waals surface area contributed by atoms with Crippen molar-refractivity contribution in [3.8, 4) is 0 Å². The number of nitrogens with zero attached hydrogens (tertiary/aromatic N) is 1. The number of carbonyl (C=O) groups excluding carboxylic acids is 2. The molecule has 16 heavy (non-hydrogen) atoms. The number of hydrogen-bond donors (Lipinski definition) is 0. The molecular weight excluding hydrogens is 210 g/mol. The first-order valence-corrected chi connectivity index (χ1v) is 5.45. The van der Waals surface area contributed by atoms with Gasteiger partial charge in [0, 0.05) is 13.0 Å². The van der Waals surface area contributed by atoms with Gasteiger partial charge in [0.1, 0.15) is 11.9 Å². The third kappa shape index (κ3) is 4.18. The fourth-order valence-electron chi connectivity index (χ4n) is 1.46. The molecule has 1 aliphatic rings. The van der Waals surface area contributed by atoms with Gasteiger partial charge in [-0.05, 0) is 20.8 Å². The molecule has 0 aliphatic carbocycles. The molecule has 1 fully saturated rings. The average Bonchev–Trinajstić information content (AvgIpc) is 2.16. The SMILES string of the molecule is CC(C)(C)OC(=O)N1CCO[C@H](CC=O)C1. The molecule has 0 saturated carbocycles. The monoisotopic (exact) mass is 229 g/mol. The van der Waals surface area contributed by atoms with Crippen LogP contribution < -0.4 is 0 Å². The number of carbonyl (C=O) groups is 2.